The topological polar surface area (TPSA) is 63.8 Å². The van der Waals surface area contributed by atoms with E-state index >= 15 is 0 Å². The Hall–Kier alpha value is -2.08. The maximum Gasteiger partial charge on any atom is 0.277 e. The Morgan fingerprint density at radius 2 is 2.16 bits per heavy atom. The van der Waals surface area contributed by atoms with Crippen LogP contribution in [0.2, 0.25) is 0 Å². The van der Waals surface area contributed by atoms with E-state index in [4.69, 9.17) is 9.15 Å². The molecule has 1 heterocycles. The van der Waals surface area contributed by atoms with Crippen LogP contribution in [0.5, 0.6) is 5.75 Å². The van der Waals surface area contributed by atoms with Crippen LogP contribution < -0.4 is 10.2 Å². The summed E-state index contributed by atoms with van der Waals surface area (Å²) < 4.78 is 11.3. The van der Waals surface area contributed by atoms with Gasteiger partial charge in [-0.15, -0.1) is 0 Å². The Balaban J connectivity index is 1.74. The molecule has 0 aliphatic carbocycles. The molecular formula is C13H11BrN2O3. The lowest BCUT2D eigenvalue weighted by atomic mass is 10.3. The molecule has 98 valence electrons. The predicted octanol–water partition coefficient (Wildman–Crippen LogP) is 2.57. The number of hydrazone groups is 1. The van der Waals surface area contributed by atoms with Crippen molar-refractivity contribution in [1.29, 1.82) is 0 Å². The highest BCUT2D eigenvalue weighted by Crippen LogP contribution is 2.15. The first kappa shape index (κ1) is 13.4. The Labute approximate surface area is 118 Å². The summed E-state index contributed by atoms with van der Waals surface area (Å²) >= 11 is 3.32. The lowest BCUT2D eigenvalue weighted by molar-refractivity contribution is -0.123. The molecule has 19 heavy (non-hydrogen) atoms. The van der Waals surface area contributed by atoms with Gasteiger partial charge in [0.15, 0.2) is 6.61 Å². The lowest BCUT2D eigenvalue weighted by Crippen LogP contribution is -2.24. The van der Waals surface area contributed by atoms with Crippen molar-refractivity contribution in [3.63, 3.8) is 0 Å². The van der Waals surface area contributed by atoms with Gasteiger partial charge in [-0.25, -0.2) is 5.43 Å². The highest BCUT2D eigenvalue weighted by atomic mass is 79.9. The zero-order chi connectivity index (χ0) is 13.5. The van der Waals surface area contributed by atoms with E-state index in [2.05, 4.69) is 26.5 Å². The standard InChI is InChI=1S/C13H11BrN2O3/c14-10-3-5-11(6-4-10)19-9-13(17)16-15-8-12-2-1-7-18-12/h1-8H,9H2,(H,16,17)/b15-8+. The van der Waals surface area contributed by atoms with Gasteiger partial charge in [0.1, 0.15) is 11.5 Å². The summed E-state index contributed by atoms with van der Waals surface area (Å²) in [6.45, 7) is -0.100. The Kier molecular flexibility index (Phi) is 4.74. The van der Waals surface area contributed by atoms with E-state index in [1.807, 2.05) is 12.1 Å². The zero-order valence-electron chi connectivity index (χ0n) is 9.88. The maximum atomic E-state index is 11.4. The molecule has 0 unspecified atom stereocenters. The van der Waals surface area contributed by atoms with Crippen molar-refractivity contribution in [1.82, 2.24) is 5.43 Å². The molecule has 2 aromatic rings. The first-order valence-corrected chi connectivity index (χ1v) is 6.27. The van der Waals surface area contributed by atoms with Crippen LogP contribution in [0.3, 0.4) is 0 Å². The Morgan fingerprint density at radius 1 is 1.37 bits per heavy atom. The number of rotatable bonds is 5. The van der Waals surface area contributed by atoms with Crippen LogP contribution >= 0.6 is 15.9 Å². The minimum Gasteiger partial charge on any atom is -0.484 e. The van der Waals surface area contributed by atoms with Crippen molar-refractivity contribution in [2.24, 2.45) is 5.10 Å². The molecule has 0 atom stereocenters. The molecule has 0 bridgehead atoms. The second-order valence-corrected chi connectivity index (χ2v) is 4.47. The number of furan rings is 1. The molecule has 1 N–H and O–H groups in total. The third kappa shape index (κ3) is 4.59. The van der Waals surface area contributed by atoms with Crippen molar-refractivity contribution in [3.05, 3.63) is 52.9 Å². The number of nitrogens with one attached hydrogen (secondary N) is 1. The van der Waals surface area contributed by atoms with E-state index in [1.165, 1.54) is 12.5 Å². The average Bonchev–Trinajstić information content (AvgIpc) is 2.91. The van der Waals surface area contributed by atoms with Crippen molar-refractivity contribution in [3.8, 4) is 5.75 Å². The van der Waals surface area contributed by atoms with Gasteiger partial charge in [-0.05, 0) is 36.4 Å². The van der Waals surface area contributed by atoms with Crippen LogP contribution in [0.25, 0.3) is 0 Å². The van der Waals surface area contributed by atoms with Crippen LogP contribution in [0.4, 0.5) is 0 Å². The van der Waals surface area contributed by atoms with Crippen LogP contribution in [0, 0.1) is 0 Å². The fraction of sp³-hybridized carbons (Fsp3) is 0.0769. The number of benzene rings is 1. The zero-order valence-corrected chi connectivity index (χ0v) is 11.5. The largest absolute Gasteiger partial charge is 0.484 e. The fourth-order valence-corrected chi connectivity index (χ4v) is 1.51. The number of carbonyl (C=O) groups excluding carboxylic acids is 1. The lowest BCUT2D eigenvalue weighted by Gasteiger charge is -2.04. The summed E-state index contributed by atoms with van der Waals surface area (Å²) in [5, 5.41) is 3.73. The van der Waals surface area contributed by atoms with Gasteiger partial charge >= 0.3 is 0 Å². The predicted molar refractivity (Wildman–Crippen MR) is 74.1 cm³/mol. The molecule has 1 aromatic carbocycles. The number of ether oxygens (including phenoxy) is 1. The maximum absolute atomic E-state index is 11.4. The van der Waals surface area contributed by atoms with E-state index in [-0.39, 0.29) is 12.5 Å². The van der Waals surface area contributed by atoms with Gasteiger partial charge in [0.25, 0.3) is 5.91 Å². The summed E-state index contributed by atoms with van der Waals surface area (Å²) in [4.78, 5) is 11.4. The summed E-state index contributed by atoms with van der Waals surface area (Å²) in [6.07, 6.45) is 2.94. The monoisotopic (exact) mass is 322 g/mol. The van der Waals surface area contributed by atoms with Gasteiger partial charge in [-0.2, -0.15) is 5.10 Å². The van der Waals surface area contributed by atoms with Crippen molar-refractivity contribution in [2.45, 2.75) is 0 Å². The molecular weight excluding hydrogens is 312 g/mol. The molecule has 0 radical (unpaired) electrons. The number of carbonyl (C=O) groups is 1. The summed E-state index contributed by atoms with van der Waals surface area (Å²) in [5.41, 5.74) is 2.34. The molecule has 6 heteroatoms. The molecule has 5 nitrogen and oxygen atoms in total. The van der Waals surface area contributed by atoms with E-state index in [1.54, 1.807) is 24.3 Å². The van der Waals surface area contributed by atoms with Gasteiger partial charge in [0, 0.05) is 4.47 Å². The van der Waals surface area contributed by atoms with E-state index in [0.717, 1.165) is 4.47 Å². The second-order valence-electron chi connectivity index (χ2n) is 3.55. The van der Waals surface area contributed by atoms with Crippen molar-refractivity contribution < 1.29 is 13.9 Å². The first-order chi connectivity index (χ1) is 9.24. The smallest absolute Gasteiger partial charge is 0.277 e. The van der Waals surface area contributed by atoms with Crippen LogP contribution in [0.15, 0.2) is 56.7 Å². The molecule has 0 spiro atoms. The molecule has 0 fully saturated rings. The average molecular weight is 323 g/mol. The highest BCUT2D eigenvalue weighted by Gasteiger charge is 2.01. The number of hydrogen-bond acceptors (Lipinski definition) is 4. The minimum atomic E-state index is -0.342. The van der Waals surface area contributed by atoms with Gasteiger partial charge in [-0.1, -0.05) is 15.9 Å². The second kappa shape index (κ2) is 6.75. The normalized spacial score (nSPS) is 10.6. The molecule has 2 rings (SSSR count). The fourth-order valence-electron chi connectivity index (χ4n) is 1.24. The first-order valence-electron chi connectivity index (χ1n) is 5.48. The summed E-state index contributed by atoms with van der Waals surface area (Å²) in [6, 6.07) is 10.7. The number of halogens is 1. The van der Waals surface area contributed by atoms with Gasteiger partial charge < -0.3 is 9.15 Å². The summed E-state index contributed by atoms with van der Waals surface area (Å²) in [7, 11) is 0. The molecule has 1 amide bonds. The van der Waals surface area contributed by atoms with Crippen LogP contribution in [0.1, 0.15) is 5.76 Å². The number of nitrogens with zero attached hydrogens (tertiary/aromatic N) is 1. The molecule has 1 aromatic heterocycles. The van der Waals surface area contributed by atoms with E-state index < -0.39 is 0 Å². The molecule has 0 saturated heterocycles. The molecule has 0 aliphatic rings. The Morgan fingerprint density at radius 3 is 2.84 bits per heavy atom. The Bertz CT molecular complexity index is 550. The van der Waals surface area contributed by atoms with Gasteiger partial charge in [-0.3, -0.25) is 4.79 Å². The van der Waals surface area contributed by atoms with E-state index in [9.17, 15) is 4.79 Å². The highest BCUT2D eigenvalue weighted by molar-refractivity contribution is 9.10. The molecule has 0 saturated carbocycles. The molecule has 0 aliphatic heterocycles. The van der Waals surface area contributed by atoms with Crippen LogP contribution in [-0.4, -0.2) is 18.7 Å². The third-order valence-electron chi connectivity index (χ3n) is 2.11. The summed E-state index contributed by atoms with van der Waals surface area (Å²) in [5.74, 6) is 0.841. The number of amides is 1. The van der Waals surface area contributed by atoms with Gasteiger partial charge in [0.2, 0.25) is 0 Å². The van der Waals surface area contributed by atoms with Crippen molar-refractivity contribution in [2.75, 3.05) is 6.61 Å². The third-order valence-corrected chi connectivity index (χ3v) is 2.64. The van der Waals surface area contributed by atoms with Crippen LogP contribution in [-0.2, 0) is 4.79 Å². The minimum absolute atomic E-state index is 0.100. The van der Waals surface area contributed by atoms with Crippen molar-refractivity contribution >= 4 is 28.1 Å². The van der Waals surface area contributed by atoms with Gasteiger partial charge in [0.05, 0.1) is 12.5 Å². The SMILES string of the molecule is O=C(COc1ccc(Br)cc1)N/N=C/c1ccco1. The van der Waals surface area contributed by atoms with E-state index in [0.29, 0.717) is 11.5 Å². The number of hydrogen-bond donors (Lipinski definition) is 1. The quantitative estimate of drug-likeness (QED) is 0.679.